The SMILES string of the molecule is Cl.O=C1CCCC(=O)N1CCCN1CCC(NS(=O)(=O)C(F)(F)F)CC1. The topological polar surface area (TPSA) is 86.8 Å². The second-order valence-electron chi connectivity index (χ2n) is 6.33. The number of sulfonamides is 1. The number of imide groups is 1. The minimum Gasteiger partial charge on any atom is -0.303 e. The van der Waals surface area contributed by atoms with E-state index in [1.165, 1.54) is 4.90 Å². The molecule has 0 aromatic rings. The Morgan fingerprint density at radius 2 is 1.58 bits per heavy atom. The molecule has 0 radical (unpaired) electrons. The Bertz CT molecular complexity index is 591. The molecule has 0 unspecified atom stereocenters. The van der Waals surface area contributed by atoms with Crippen LogP contribution >= 0.6 is 12.4 Å². The van der Waals surface area contributed by atoms with Crippen molar-refractivity contribution in [1.82, 2.24) is 14.5 Å². The molecule has 7 nitrogen and oxygen atoms in total. The van der Waals surface area contributed by atoms with Gasteiger partial charge in [-0.3, -0.25) is 14.5 Å². The summed E-state index contributed by atoms with van der Waals surface area (Å²) in [5, 5.41) is 0. The third kappa shape index (κ3) is 6.07. The van der Waals surface area contributed by atoms with Crippen molar-refractivity contribution in [3.63, 3.8) is 0 Å². The van der Waals surface area contributed by atoms with Crippen molar-refractivity contribution in [2.24, 2.45) is 0 Å². The van der Waals surface area contributed by atoms with Crippen LogP contribution in [0, 0.1) is 0 Å². The fraction of sp³-hybridized carbons (Fsp3) is 0.857. The highest BCUT2D eigenvalue weighted by molar-refractivity contribution is 7.90. The number of carbonyl (C=O) groups excluding carboxylic acids is 2. The molecule has 2 aliphatic rings. The van der Waals surface area contributed by atoms with E-state index in [4.69, 9.17) is 0 Å². The molecule has 2 fully saturated rings. The van der Waals surface area contributed by atoms with Crippen LogP contribution in [-0.2, 0) is 19.6 Å². The van der Waals surface area contributed by atoms with Gasteiger partial charge in [0.2, 0.25) is 11.8 Å². The maximum absolute atomic E-state index is 12.4. The monoisotopic (exact) mass is 421 g/mol. The molecule has 0 atom stereocenters. The van der Waals surface area contributed by atoms with Crippen LogP contribution in [-0.4, -0.2) is 67.8 Å². The number of nitrogens with one attached hydrogen (secondary N) is 1. The summed E-state index contributed by atoms with van der Waals surface area (Å²) in [6, 6.07) is -0.729. The number of rotatable bonds is 6. The summed E-state index contributed by atoms with van der Waals surface area (Å²) in [5.74, 6) is -0.312. The predicted molar refractivity (Wildman–Crippen MR) is 90.0 cm³/mol. The van der Waals surface area contributed by atoms with E-state index in [2.05, 4.69) is 0 Å². The number of halogens is 4. The summed E-state index contributed by atoms with van der Waals surface area (Å²) < 4.78 is 60.9. The number of hydrogen-bond acceptors (Lipinski definition) is 5. The van der Waals surface area contributed by atoms with Gasteiger partial charge in [-0.2, -0.15) is 13.2 Å². The van der Waals surface area contributed by atoms with E-state index >= 15 is 0 Å². The summed E-state index contributed by atoms with van der Waals surface area (Å²) in [4.78, 5) is 26.6. The quantitative estimate of drug-likeness (QED) is 0.652. The van der Waals surface area contributed by atoms with Gasteiger partial charge < -0.3 is 4.90 Å². The number of hydrogen-bond donors (Lipinski definition) is 1. The molecular weight excluding hydrogens is 399 g/mol. The van der Waals surface area contributed by atoms with E-state index in [0.29, 0.717) is 51.9 Å². The molecule has 2 heterocycles. The first-order valence-electron chi connectivity index (χ1n) is 8.24. The van der Waals surface area contributed by atoms with Crippen molar-refractivity contribution in [2.45, 2.75) is 50.1 Å². The highest BCUT2D eigenvalue weighted by Gasteiger charge is 2.46. The van der Waals surface area contributed by atoms with Gasteiger partial charge >= 0.3 is 15.5 Å². The molecule has 2 rings (SSSR count). The van der Waals surface area contributed by atoms with E-state index < -0.39 is 21.6 Å². The van der Waals surface area contributed by atoms with Crippen molar-refractivity contribution in [3.8, 4) is 0 Å². The summed E-state index contributed by atoms with van der Waals surface area (Å²) >= 11 is 0. The van der Waals surface area contributed by atoms with Gasteiger partial charge in [0, 0.05) is 25.4 Å². The first kappa shape index (κ1) is 23.1. The molecule has 0 spiro atoms. The van der Waals surface area contributed by atoms with Crippen LogP contribution in [0.5, 0.6) is 0 Å². The molecule has 0 aliphatic carbocycles. The zero-order chi connectivity index (χ0) is 18.7. The second-order valence-corrected chi connectivity index (χ2v) is 8.03. The maximum Gasteiger partial charge on any atom is 0.511 e. The lowest BCUT2D eigenvalue weighted by molar-refractivity contribution is -0.148. The standard InChI is InChI=1S/C14H22F3N3O4S.ClH/c15-14(16,17)25(23,24)18-11-5-9-19(10-6-11)7-2-8-20-12(21)3-1-4-13(20)22;/h11,18H,1-10H2;1H. The lowest BCUT2D eigenvalue weighted by atomic mass is 10.1. The first-order valence-corrected chi connectivity index (χ1v) is 9.72. The minimum atomic E-state index is -5.31. The molecular formula is C14H23ClF3N3O4S. The van der Waals surface area contributed by atoms with Gasteiger partial charge in [0.15, 0.2) is 0 Å². The van der Waals surface area contributed by atoms with Crippen molar-refractivity contribution in [2.75, 3.05) is 26.2 Å². The Morgan fingerprint density at radius 1 is 1.04 bits per heavy atom. The fourth-order valence-corrected chi connectivity index (χ4v) is 3.87. The summed E-state index contributed by atoms with van der Waals surface area (Å²) in [6.45, 7) is 1.88. The van der Waals surface area contributed by atoms with Gasteiger partial charge in [-0.05, 0) is 45.3 Å². The van der Waals surface area contributed by atoms with Crippen molar-refractivity contribution in [3.05, 3.63) is 0 Å². The number of piperidine rings is 2. The van der Waals surface area contributed by atoms with Gasteiger partial charge in [0.1, 0.15) is 0 Å². The van der Waals surface area contributed by atoms with Crippen molar-refractivity contribution >= 4 is 34.2 Å². The Morgan fingerprint density at radius 3 is 2.08 bits per heavy atom. The number of nitrogens with zero attached hydrogens (tertiary/aromatic N) is 2. The molecule has 0 bridgehead atoms. The normalized spacial score (nSPS) is 21.0. The minimum absolute atomic E-state index is 0. The van der Waals surface area contributed by atoms with Gasteiger partial charge in [0.05, 0.1) is 0 Å². The van der Waals surface area contributed by atoms with E-state index in [-0.39, 0.29) is 37.1 Å². The lowest BCUT2D eigenvalue weighted by Crippen LogP contribution is -2.48. The van der Waals surface area contributed by atoms with Crippen molar-refractivity contribution < 1.29 is 31.2 Å². The number of alkyl halides is 3. The van der Waals surface area contributed by atoms with Crippen LogP contribution in [0.1, 0.15) is 38.5 Å². The molecule has 152 valence electrons. The van der Waals surface area contributed by atoms with E-state index in [1.807, 2.05) is 4.90 Å². The Hall–Kier alpha value is -0.910. The highest BCUT2D eigenvalue weighted by Crippen LogP contribution is 2.23. The van der Waals surface area contributed by atoms with Crippen molar-refractivity contribution in [1.29, 1.82) is 0 Å². The van der Waals surface area contributed by atoms with Crippen LogP contribution in [0.3, 0.4) is 0 Å². The van der Waals surface area contributed by atoms with Crippen LogP contribution in [0.15, 0.2) is 0 Å². The molecule has 1 N–H and O–H groups in total. The molecule has 2 amide bonds. The van der Waals surface area contributed by atoms with Gasteiger partial charge in [0.25, 0.3) is 0 Å². The molecule has 12 heteroatoms. The number of amides is 2. The van der Waals surface area contributed by atoms with E-state index in [1.54, 1.807) is 4.72 Å². The average Bonchev–Trinajstić information content (AvgIpc) is 2.50. The van der Waals surface area contributed by atoms with Crippen LogP contribution in [0.25, 0.3) is 0 Å². The Kier molecular flexibility index (Phi) is 8.31. The molecule has 0 aromatic carbocycles. The molecule has 0 aromatic heterocycles. The fourth-order valence-electron chi connectivity index (χ4n) is 3.06. The van der Waals surface area contributed by atoms with E-state index in [9.17, 15) is 31.2 Å². The number of likely N-dealkylation sites (tertiary alicyclic amines) is 2. The molecule has 26 heavy (non-hydrogen) atoms. The van der Waals surface area contributed by atoms with Gasteiger partial charge in [-0.15, -0.1) is 12.4 Å². The molecule has 0 saturated carbocycles. The largest absolute Gasteiger partial charge is 0.511 e. The lowest BCUT2D eigenvalue weighted by Gasteiger charge is -2.33. The second kappa shape index (κ2) is 9.34. The summed E-state index contributed by atoms with van der Waals surface area (Å²) in [5.41, 5.74) is -5.29. The molecule has 2 saturated heterocycles. The van der Waals surface area contributed by atoms with Crippen LogP contribution < -0.4 is 4.72 Å². The first-order chi connectivity index (χ1) is 11.6. The highest BCUT2D eigenvalue weighted by atomic mass is 35.5. The Labute approximate surface area is 156 Å². The smallest absolute Gasteiger partial charge is 0.303 e. The van der Waals surface area contributed by atoms with Gasteiger partial charge in [-0.1, -0.05) is 0 Å². The Balaban J connectivity index is 0.00000338. The van der Waals surface area contributed by atoms with Crippen LogP contribution in [0.4, 0.5) is 13.2 Å². The van der Waals surface area contributed by atoms with Gasteiger partial charge in [-0.25, -0.2) is 13.1 Å². The summed E-state index contributed by atoms with van der Waals surface area (Å²) in [6.07, 6.45) is 2.53. The van der Waals surface area contributed by atoms with E-state index in [0.717, 1.165) is 0 Å². The summed E-state index contributed by atoms with van der Waals surface area (Å²) in [7, 11) is -5.31. The molecule has 2 aliphatic heterocycles. The number of carbonyl (C=O) groups is 2. The zero-order valence-corrected chi connectivity index (χ0v) is 15.8. The third-order valence-corrected chi connectivity index (χ3v) is 5.71. The average molecular weight is 422 g/mol. The van der Waals surface area contributed by atoms with Crippen LogP contribution in [0.2, 0.25) is 0 Å². The third-order valence-electron chi connectivity index (χ3n) is 4.45. The zero-order valence-electron chi connectivity index (χ0n) is 14.1. The predicted octanol–water partition coefficient (Wildman–Crippen LogP) is 1.24. The maximum atomic E-state index is 12.4.